The molecule has 0 atom stereocenters. The van der Waals surface area contributed by atoms with Crippen LogP contribution in [-0.4, -0.2) is 35.1 Å². The highest BCUT2D eigenvalue weighted by molar-refractivity contribution is 9.10. The number of anilines is 1. The zero-order valence-corrected chi connectivity index (χ0v) is 12.5. The molecule has 0 saturated carbocycles. The van der Waals surface area contributed by atoms with Gasteiger partial charge in [0.05, 0.1) is 16.1 Å². The molecule has 1 fully saturated rings. The summed E-state index contributed by atoms with van der Waals surface area (Å²) in [7, 11) is 0. The van der Waals surface area contributed by atoms with E-state index < -0.39 is 29.6 Å². The number of benzene rings is 1. The van der Waals surface area contributed by atoms with Crippen molar-refractivity contribution in [1.82, 2.24) is 4.90 Å². The summed E-state index contributed by atoms with van der Waals surface area (Å²) in [6, 6.07) is 1.29. The van der Waals surface area contributed by atoms with E-state index in [4.69, 9.17) is 5.11 Å². The predicted octanol–water partition coefficient (Wildman–Crippen LogP) is 3.06. The average molecular weight is 363 g/mol. The first-order chi connectivity index (χ1) is 9.88. The molecule has 0 radical (unpaired) electrons. The molecule has 114 valence electrons. The number of rotatable bonds is 2. The summed E-state index contributed by atoms with van der Waals surface area (Å²) in [6.45, 7) is 0.569. The van der Waals surface area contributed by atoms with Crippen LogP contribution in [-0.2, 0) is 4.79 Å². The van der Waals surface area contributed by atoms with Crippen LogP contribution in [0.2, 0.25) is 0 Å². The summed E-state index contributed by atoms with van der Waals surface area (Å²) in [4.78, 5) is 24.2. The number of carboxylic acid groups (broad SMARTS) is 1. The van der Waals surface area contributed by atoms with Gasteiger partial charge in [0.25, 0.3) is 0 Å². The van der Waals surface area contributed by atoms with Gasteiger partial charge in [-0.05, 0) is 34.8 Å². The molecule has 0 aliphatic carbocycles. The first-order valence-corrected chi connectivity index (χ1v) is 7.11. The Morgan fingerprint density at radius 3 is 2.43 bits per heavy atom. The molecule has 1 heterocycles. The maximum Gasteiger partial charge on any atom is 0.321 e. The minimum atomic E-state index is -0.872. The minimum absolute atomic E-state index is 0.0452. The van der Waals surface area contributed by atoms with Crippen molar-refractivity contribution in [1.29, 1.82) is 0 Å². The summed E-state index contributed by atoms with van der Waals surface area (Å²) in [5.41, 5.74) is -0.131. The molecule has 0 unspecified atom stereocenters. The molecule has 21 heavy (non-hydrogen) atoms. The second kappa shape index (κ2) is 6.38. The smallest absolute Gasteiger partial charge is 0.321 e. The molecular weight excluding hydrogens is 350 g/mol. The van der Waals surface area contributed by atoms with Crippen molar-refractivity contribution in [3.8, 4) is 0 Å². The van der Waals surface area contributed by atoms with E-state index >= 15 is 0 Å². The lowest BCUT2D eigenvalue weighted by Gasteiger charge is -2.30. The number of aliphatic carboxylic acids is 1. The predicted molar refractivity (Wildman–Crippen MR) is 75.0 cm³/mol. The monoisotopic (exact) mass is 362 g/mol. The van der Waals surface area contributed by atoms with Gasteiger partial charge in [-0.1, -0.05) is 0 Å². The summed E-state index contributed by atoms with van der Waals surface area (Å²) in [5.74, 6) is -2.95. The van der Waals surface area contributed by atoms with E-state index in [-0.39, 0.29) is 23.2 Å². The second-order valence-electron chi connectivity index (χ2n) is 4.78. The highest BCUT2D eigenvalue weighted by atomic mass is 79.9. The zero-order valence-electron chi connectivity index (χ0n) is 10.9. The molecule has 0 aromatic heterocycles. The normalized spacial score (nSPS) is 15.9. The molecule has 2 rings (SSSR count). The number of likely N-dealkylation sites (tertiary alicyclic amines) is 1. The highest BCUT2D eigenvalue weighted by Crippen LogP contribution is 2.24. The van der Waals surface area contributed by atoms with Crippen molar-refractivity contribution in [2.75, 3.05) is 18.4 Å². The fourth-order valence-electron chi connectivity index (χ4n) is 2.14. The molecule has 5 nitrogen and oxygen atoms in total. The molecule has 0 bridgehead atoms. The highest BCUT2D eigenvalue weighted by Gasteiger charge is 2.27. The third-order valence-corrected chi connectivity index (χ3v) is 3.99. The molecule has 1 aliphatic heterocycles. The number of carbonyl (C=O) groups is 2. The van der Waals surface area contributed by atoms with Crippen molar-refractivity contribution in [2.24, 2.45) is 5.92 Å². The largest absolute Gasteiger partial charge is 0.481 e. The van der Waals surface area contributed by atoms with Crippen molar-refractivity contribution < 1.29 is 23.5 Å². The van der Waals surface area contributed by atoms with Gasteiger partial charge in [0.15, 0.2) is 0 Å². The number of hydrogen-bond acceptors (Lipinski definition) is 2. The zero-order chi connectivity index (χ0) is 15.6. The Morgan fingerprint density at radius 2 is 1.86 bits per heavy atom. The first-order valence-electron chi connectivity index (χ1n) is 6.31. The van der Waals surface area contributed by atoms with Crippen LogP contribution in [0.15, 0.2) is 16.6 Å². The van der Waals surface area contributed by atoms with E-state index in [9.17, 15) is 18.4 Å². The Bertz CT molecular complexity index is 575. The number of halogens is 3. The average Bonchev–Trinajstić information content (AvgIpc) is 2.44. The molecule has 1 aromatic rings. The Balaban J connectivity index is 2.00. The summed E-state index contributed by atoms with van der Waals surface area (Å²) < 4.78 is 26.7. The lowest BCUT2D eigenvalue weighted by atomic mass is 9.97. The number of nitrogens with one attached hydrogen (secondary N) is 1. The number of urea groups is 1. The van der Waals surface area contributed by atoms with Crippen molar-refractivity contribution in [3.05, 3.63) is 28.2 Å². The number of carboxylic acids is 1. The molecule has 2 N–H and O–H groups in total. The van der Waals surface area contributed by atoms with E-state index in [2.05, 4.69) is 21.2 Å². The number of carbonyl (C=O) groups excluding carboxylic acids is 1. The quantitative estimate of drug-likeness (QED) is 0.794. The Labute approximate surface area is 128 Å². The molecule has 1 aromatic carbocycles. The van der Waals surface area contributed by atoms with Crippen LogP contribution in [0.3, 0.4) is 0 Å². The van der Waals surface area contributed by atoms with Gasteiger partial charge in [0, 0.05) is 19.2 Å². The van der Waals surface area contributed by atoms with Crippen LogP contribution < -0.4 is 5.32 Å². The summed E-state index contributed by atoms with van der Waals surface area (Å²) >= 11 is 2.92. The molecular formula is C13H13BrF2N2O3. The van der Waals surface area contributed by atoms with E-state index in [0.29, 0.717) is 18.9 Å². The van der Waals surface area contributed by atoms with Gasteiger partial charge >= 0.3 is 12.0 Å². The number of hydrogen-bond donors (Lipinski definition) is 2. The molecule has 8 heteroatoms. The number of amides is 2. The summed E-state index contributed by atoms with van der Waals surface area (Å²) in [6.07, 6.45) is 0.719. The fraction of sp³-hybridized carbons (Fsp3) is 0.385. The van der Waals surface area contributed by atoms with Crippen LogP contribution in [0, 0.1) is 17.6 Å². The SMILES string of the molecule is O=C(O)C1CCN(C(=O)Nc2cc(Br)c(F)cc2F)CC1. The number of nitrogens with zero attached hydrogens (tertiary/aromatic N) is 1. The van der Waals surface area contributed by atoms with Gasteiger partial charge in [-0.15, -0.1) is 0 Å². The fourth-order valence-corrected chi connectivity index (χ4v) is 2.49. The number of piperidine rings is 1. The van der Waals surface area contributed by atoms with E-state index in [1.54, 1.807) is 0 Å². The van der Waals surface area contributed by atoms with Gasteiger partial charge in [0.2, 0.25) is 0 Å². The van der Waals surface area contributed by atoms with Gasteiger partial charge < -0.3 is 15.3 Å². The molecule has 1 saturated heterocycles. The van der Waals surface area contributed by atoms with Crippen molar-refractivity contribution in [3.63, 3.8) is 0 Å². The van der Waals surface area contributed by atoms with Crippen LogP contribution in [0.25, 0.3) is 0 Å². The van der Waals surface area contributed by atoms with Crippen LogP contribution in [0.4, 0.5) is 19.3 Å². The lowest BCUT2D eigenvalue weighted by Crippen LogP contribution is -2.42. The Morgan fingerprint density at radius 1 is 1.24 bits per heavy atom. The third-order valence-electron chi connectivity index (χ3n) is 3.38. The second-order valence-corrected chi connectivity index (χ2v) is 5.63. The topological polar surface area (TPSA) is 69.6 Å². The maximum atomic E-state index is 13.6. The first kappa shape index (κ1) is 15.7. The van der Waals surface area contributed by atoms with Crippen molar-refractivity contribution in [2.45, 2.75) is 12.8 Å². The van der Waals surface area contributed by atoms with E-state index in [1.165, 1.54) is 4.90 Å². The maximum absolute atomic E-state index is 13.6. The van der Waals surface area contributed by atoms with Gasteiger partial charge in [-0.2, -0.15) is 0 Å². The van der Waals surface area contributed by atoms with Crippen LogP contribution >= 0.6 is 15.9 Å². The lowest BCUT2D eigenvalue weighted by molar-refractivity contribution is -0.143. The molecule has 2 amide bonds. The van der Waals surface area contributed by atoms with Crippen LogP contribution in [0.1, 0.15) is 12.8 Å². The molecule has 0 spiro atoms. The van der Waals surface area contributed by atoms with Gasteiger partial charge in [-0.3, -0.25) is 4.79 Å². The van der Waals surface area contributed by atoms with Crippen molar-refractivity contribution >= 4 is 33.6 Å². The van der Waals surface area contributed by atoms with E-state index in [0.717, 1.165) is 6.07 Å². The van der Waals surface area contributed by atoms with E-state index in [1.807, 2.05) is 0 Å². The Hall–Kier alpha value is -1.70. The standard InChI is InChI=1S/C13H13BrF2N2O3/c14-8-5-11(10(16)6-9(8)15)17-13(21)18-3-1-7(2-4-18)12(19)20/h5-7H,1-4H2,(H,17,21)(H,19,20). The van der Waals surface area contributed by atoms with Gasteiger partial charge in [-0.25, -0.2) is 13.6 Å². The third kappa shape index (κ3) is 3.69. The van der Waals surface area contributed by atoms with Crippen LogP contribution in [0.5, 0.6) is 0 Å². The van der Waals surface area contributed by atoms with Gasteiger partial charge in [0.1, 0.15) is 11.6 Å². The Kier molecular flexibility index (Phi) is 4.76. The molecule has 1 aliphatic rings. The minimum Gasteiger partial charge on any atom is -0.481 e. The summed E-state index contributed by atoms with van der Waals surface area (Å²) in [5, 5.41) is 11.2.